The molecule has 0 bridgehead atoms. The first-order valence-corrected chi connectivity index (χ1v) is 10.8. The number of nitrogens with zero attached hydrogens (tertiary/aromatic N) is 3. The summed E-state index contributed by atoms with van der Waals surface area (Å²) in [7, 11) is 0. The number of carbonyl (C=O) groups is 2. The number of benzene rings is 2. The highest BCUT2D eigenvalue weighted by Gasteiger charge is 2.23. The van der Waals surface area contributed by atoms with Gasteiger partial charge in [0, 0.05) is 18.1 Å². The third-order valence-corrected chi connectivity index (χ3v) is 5.64. The summed E-state index contributed by atoms with van der Waals surface area (Å²) in [6, 6.07) is 14.1. The Morgan fingerprint density at radius 2 is 1.84 bits per heavy atom. The highest BCUT2D eigenvalue weighted by Crippen LogP contribution is 2.22. The van der Waals surface area contributed by atoms with E-state index in [1.807, 2.05) is 40.7 Å². The third kappa shape index (κ3) is 4.99. The topological polar surface area (TPSA) is 76.5 Å². The number of fused-ring (bicyclic) bond motifs is 1. The van der Waals surface area contributed by atoms with Gasteiger partial charge in [-0.25, -0.2) is 4.98 Å². The summed E-state index contributed by atoms with van der Waals surface area (Å²) >= 11 is 5.87. The first kappa shape index (κ1) is 21.2. The number of halogens is 1. The van der Waals surface area contributed by atoms with Crippen LogP contribution in [0.4, 0.5) is 0 Å². The molecule has 1 aliphatic rings. The van der Waals surface area contributed by atoms with Crippen molar-refractivity contribution in [2.75, 3.05) is 19.7 Å². The van der Waals surface area contributed by atoms with Crippen molar-refractivity contribution in [3.05, 3.63) is 59.4 Å². The molecule has 2 amide bonds. The molecular formula is C23H25ClN4O3. The minimum Gasteiger partial charge on any atom is -0.484 e. The SMILES string of the molecule is CC(NC(=O)COc1ccc(Cl)cc1)c1nc2ccccc2n1CC(=O)N1CCCC1. The van der Waals surface area contributed by atoms with Crippen molar-refractivity contribution in [1.82, 2.24) is 19.8 Å². The molecule has 0 radical (unpaired) electrons. The zero-order valence-corrected chi connectivity index (χ0v) is 18.1. The quantitative estimate of drug-likeness (QED) is 0.609. The molecule has 1 fully saturated rings. The van der Waals surface area contributed by atoms with E-state index in [9.17, 15) is 9.59 Å². The van der Waals surface area contributed by atoms with Gasteiger partial charge in [0.1, 0.15) is 18.1 Å². The number of aromatic nitrogens is 2. The van der Waals surface area contributed by atoms with Gasteiger partial charge in [-0.2, -0.15) is 0 Å². The number of ether oxygens (including phenoxy) is 1. The van der Waals surface area contributed by atoms with Gasteiger partial charge in [-0.05, 0) is 56.2 Å². The van der Waals surface area contributed by atoms with E-state index in [4.69, 9.17) is 21.3 Å². The van der Waals surface area contributed by atoms with Crippen molar-refractivity contribution in [3.8, 4) is 5.75 Å². The lowest BCUT2D eigenvalue weighted by Gasteiger charge is -2.19. The molecule has 31 heavy (non-hydrogen) atoms. The molecule has 0 saturated carbocycles. The Morgan fingerprint density at radius 3 is 2.58 bits per heavy atom. The monoisotopic (exact) mass is 440 g/mol. The van der Waals surface area contributed by atoms with Crippen LogP contribution in [0.15, 0.2) is 48.5 Å². The number of hydrogen-bond acceptors (Lipinski definition) is 4. The zero-order chi connectivity index (χ0) is 21.8. The van der Waals surface area contributed by atoms with Gasteiger partial charge in [-0.3, -0.25) is 9.59 Å². The van der Waals surface area contributed by atoms with E-state index in [-0.39, 0.29) is 31.0 Å². The van der Waals surface area contributed by atoms with Crippen molar-refractivity contribution in [2.24, 2.45) is 0 Å². The highest BCUT2D eigenvalue weighted by molar-refractivity contribution is 6.30. The van der Waals surface area contributed by atoms with E-state index < -0.39 is 0 Å². The smallest absolute Gasteiger partial charge is 0.258 e. The fourth-order valence-electron chi connectivity index (χ4n) is 3.82. The van der Waals surface area contributed by atoms with Gasteiger partial charge in [0.2, 0.25) is 5.91 Å². The zero-order valence-electron chi connectivity index (χ0n) is 17.4. The highest BCUT2D eigenvalue weighted by atomic mass is 35.5. The summed E-state index contributed by atoms with van der Waals surface area (Å²) in [5, 5.41) is 3.53. The molecule has 1 saturated heterocycles. The van der Waals surface area contributed by atoms with Gasteiger partial charge in [-0.15, -0.1) is 0 Å². The summed E-state index contributed by atoms with van der Waals surface area (Å²) in [6.45, 7) is 3.54. The maximum atomic E-state index is 12.8. The summed E-state index contributed by atoms with van der Waals surface area (Å²) in [5.74, 6) is 1.02. The van der Waals surface area contributed by atoms with Crippen LogP contribution >= 0.6 is 11.6 Å². The van der Waals surface area contributed by atoms with E-state index in [1.165, 1.54) is 0 Å². The van der Waals surface area contributed by atoms with Crippen LogP contribution in [-0.2, 0) is 16.1 Å². The fraction of sp³-hybridized carbons (Fsp3) is 0.348. The average molecular weight is 441 g/mol. The Labute approximate surface area is 186 Å². The van der Waals surface area contributed by atoms with Crippen LogP contribution in [0.5, 0.6) is 5.75 Å². The van der Waals surface area contributed by atoms with Crippen molar-refractivity contribution in [3.63, 3.8) is 0 Å². The Bertz CT molecular complexity index is 1070. The molecule has 1 aliphatic heterocycles. The Kier molecular flexibility index (Phi) is 6.42. The molecule has 4 rings (SSSR count). The Morgan fingerprint density at radius 1 is 1.13 bits per heavy atom. The van der Waals surface area contributed by atoms with Crippen LogP contribution in [-0.4, -0.2) is 46.0 Å². The second-order valence-corrected chi connectivity index (χ2v) is 8.10. The summed E-state index contributed by atoms with van der Waals surface area (Å²) in [5.41, 5.74) is 1.67. The van der Waals surface area contributed by atoms with Gasteiger partial charge in [0.05, 0.1) is 17.1 Å². The largest absolute Gasteiger partial charge is 0.484 e. The maximum Gasteiger partial charge on any atom is 0.258 e. The molecule has 2 aromatic carbocycles. The molecule has 1 N–H and O–H groups in total. The normalized spacial score (nSPS) is 14.6. The number of hydrogen-bond donors (Lipinski definition) is 1. The second-order valence-electron chi connectivity index (χ2n) is 7.66. The fourth-order valence-corrected chi connectivity index (χ4v) is 3.95. The maximum absolute atomic E-state index is 12.8. The third-order valence-electron chi connectivity index (χ3n) is 5.38. The van der Waals surface area contributed by atoms with Crippen molar-refractivity contribution >= 4 is 34.4 Å². The molecule has 1 unspecified atom stereocenters. The predicted molar refractivity (Wildman–Crippen MR) is 119 cm³/mol. The van der Waals surface area contributed by atoms with E-state index >= 15 is 0 Å². The van der Waals surface area contributed by atoms with Crippen LogP contribution in [0.3, 0.4) is 0 Å². The Hall–Kier alpha value is -3.06. The Balaban J connectivity index is 1.47. The van der Waals surface area contributed by atoms with Crippen molar-refractivity contribution in [1.29, 1.82) is 0 Å². The lowest BCUT2D eigenvalue weighted by atomic mass is 10.3. The van der Waals surface area contributed by atoms with Crippen LogP contribution in [0, 0.1) is 0 Å². The molecule has 7 nitrogen and oxygen atoms in total. The number of para-hydroxylation sites is 2. The van der Waals surface area contributed by atoms with Gasteiger partial charge >= 0.3 is 0 Å². The van der Waals surface area contributed by atoms with Crippen molar-refractivity contribution < 1.29 is 14.3 Å². The van der Waals surface area contributed by atoms with Crippen LogP contribution in [0.1, 0.15) is 31.6 Å². The number of nitrogens with one attached hydrogen (secondary N) is 1. The van der Waals surface area contributed by atoms with Crippen molar-refractivity contribution in [2.45, 2.75) is 32.4 Å². The van der Waals surface area contributed by atoms with Gasteiger partial charge in [0.15, 0.2) is 6.61 Å². The van der Waals surface area contributed by atoms with E-state index in [0.29, 0.717) is 16.6 Å². The molecule has 162 valence electrons. The molecule has 1 aromatic heterocycles. The molecule has 1 atom stereocenters. The lowest BCUT2D eigenvalue weighted by molar-refractivity contribution is -0.130. The number of carbonyl (C=O) groups excluding carboxylic acids is 2. The lowest BCUT2D eigenvalue weighted by Crippen LogP contribution is -2.35. The number of rotatable bonds is 7. The first-order valence-electron chi connectivity index (χ1n) is 10.4. The van der Waals surface area contributed by atoms with Crippen LogP contribution < -0.4 is 10.1 Å². The minimum absolute atomic E-state index is 0.0755. The summed E-state index contributed by atoms with van der Waals surface area (Å²) < 4.78 is 7.43. The van der Waals surface area contributed by atoms with Crippen LogP contribution in [0.2, 0.25) is 5.02 Å². The number of imidazole rings is 1. The standard InChI is InChI=1S/C23H25ClN4O3/c1-16(25-21(29)15-31-18-10-8-17(24)9-11-18)23-26-19-6-2-3-7-20(19)28(23)14-22(30)27-12-4-5-13-27/h2-3,6-11,16H,4-5,12-15H2,1H3,(H,25,29). The molecular weight excluding hydrogens is 416 g/mol. The number of likely N-dealkylation sites (tertiary alicyclic amines) is 1. The van der Waals surface area contributed by atoms with E-state index in [0.717, 1.165) is 37.0 Å². The first-order chi connectivity index (χ1) is 15.0. The molecule has 8 heteroatoms. The predicted octanol–water partition coefficient (Wildman–Crippen LogP) is 3.57. The van der Waals surface area contributed by atoms with Gasteiger partial charge < -0.3 is 19.5 Å². The summed E-state index contributed by atoms with van der Waals surface area (Å²) in [4.78, 5) is 31.8. The van der Waals surface area contributed by atoms with Gasteiger partial charge in [-0.1, -0.05) is 23.7 Å². The molecule has 2 heterocycles. The van der Waals surface area contributed by atoms with Crippen LogP contribution in [0.25, 0.3) is 11.0 Å². The molecule has 0 aliphatic carbocycles. The van der Waals surface area contributed by atoms with E-state index in [1.54, 1.807) is 24.3 Å². The minimum atomic E-state index is -0.389. The van der Waals surface area contributed by atoms with E-state index in [2.05, 4.69) is 5.32 Å². The average Bonchev–Trinajstić information content (AvgIpc) is 3.42. The summed E-state index contributed by atoms with van der Waals surface area (Å²) in [6.07, 6.45) is 2.09. The molecule has 3 aromatic rings. The second kappa shape index (κ2) is 9.39. The molecule has 0 spiro atoms. The van der Waals surface area contributed by atoms with Gasteiger partial charge in [0.25, 0.3) is 5.91 Å². The number of amides is 2.